The zero-order chi connectivity index (χ0) is 26.7. The van der Waals surface area contributed by atoms with E-state index in [2.05, 4.69) is 59.0 Å². The number of amides is 2. The van der Waals surface area contributed by atoms with E-state index < -0.39 is 0 Å². The molecule has 2 amide bonds. The van der Waals surface area contributed by atoms with Gasteiger partial charge in [-0.3, -0.25) is 9.59 Å². The minimum atomic E-state index is -0.0505. The Morgan fingerprint density at radius 3 is 2.34 bits per heavy atom. The Kier molecular flexibility index (Phi) is 10.2. The fourth-order valence-electron chi connectivity index (χ4n) is 5.45. The van der Waals surface area contributed by atoms with Crippen LogP contribution in [0.3, 0.4) is 0 Å². The minimum absolute atomic E-state index is 0.0505. The van der Waals surface area contributed by atoms with E-state index in [0.717, 1.165) is 62.7 Å². The highest BCUT2D eigenvalue weighted by molar-refractivity contribution is 5.96. The molecule has 3 aromatic rings. The first kappa shape index (κ1) is 27.7. The monoisotopic (exact) mass is 513 g/mol. The van der Waals surface area contributed by atoms with Crippen molar-refractivity contribution in [3.8, 4) is 0 Å². The Balaban J connectivity index is 1.54. The van der Waals surface area contributed by atoms with E-state index in [1.165, 1.54) is 12.0 Å². The van der Waals surface area contributed by atoms with E-state index in [4.69, 9.17) is 0 Å². The number of benzene rings is 2. The molecule has 5 nitrogen and oxygen atoms in total. The molecule has 1 aliphatic carbocycles. The summed E-state index contributed by atoms with van der Waals surface area (Å²) in [6.07, 6.45) is 10.7. The Morgan fingerprint density at radius 2 is 1.63 bits per heavy atom. The molecule has 38 heavy (non-hydrogen) atoms. The fraction of sp³-hybridized carbons (Fsp3) is 0.455. The van der Waals surface area contributed by atoms with Crippen molar-refractivity contribution in [2.45, 2.75) is 84.3 Å². The van der Waals surface area contributed by atoms with Crippen LogP contribution in [0.15, 0.2) is 72.9 Å². The molecule has 0 spiro atoms. The number of hydrogen-bond acceptors (Lipinski definition) is 2. The molecule has 0 saturated heterocycles. The number of aromatic nitrogens is 1. The van der Waals surface area contributed by atoms with Crippen LogP contribution in [0.25, 0.3) is 0 Å². The van der Waals surface area contributed by atoms with Crippen molar-refractivity contribution in [1.29, 1.82) is 0 Å². The lowest BCUT2D eigenvalue weighted by Gasteiger charge is -2.36. The molecule has 0 unspecified atom stereocenters. The maximum atomic E-state index is 14.0. The van der Waals surface area contributed by atoms with Gasteiger partial charge in [-0.1, -0.05) is 87.1 Å². The van der Waals surface area contributed by atoms with Crippen LogP contribution in [0, 0.1) is 6.92 Å². The summed E-state index contributed by atoms with van der Waals surface area (Å²) in [5, 5.41) is 0. The summed E-state index contributed by atoms with van der Waals surface area (Å²) in [5.41, 5.74) is 4.15. The number of nitrogens with zero attached hydrogens (tertiary/aromatic N) is 3. The Hall–Kier alpha value is -3.34. The van der Waals surface area contributed by atoms with Crippen molar-refractivity contribution in [3.05, 3.63) is 95.3 Å². The number of aryl methyl sites for hydroxylation is 1. The van der Waals surface area contributed by atoms with E-state index in [-0.39, 0.29) is 24.4 Å². The first-order valence-electron chi connectivity index (χ1n) is 14.4. The third-order valence-corrected chi connectivity index (χ3v) is 7.73. The van der Waals surface area contributed by atoms with Crippen LogP contribution in [-0.4, -0.2) is 45.3 Å². The second kappa shape index (κ2) is 14.0. The lowest BCUT2D eigenvalue weighted by molar-refractivity contribution is -0.135. The largest absolute Gasteiger partial charge is 0.345 e. The van der Waals surface area contributed by atoms with E-state index in [1.807, 2.05) is 37.3 Å². The maximum Gasteiger partial charge on any atom is 0.254 e. The van der Waals surface area contributed by atoms with Crippen molar-refractivity contribution in [2.75, 3.05) is 13.1 Å². The third kappa shape index (κ3) is 7.59. The standard InChI is InChI=1S/C33H43N3O2/c1-3-4-11-22-35(33(38)29-20-18-27(2)19-21-29)26-32(37)36(30-15-9-6-10-16-30)25-31-17-12-23-34(31)24-28-13-7-5-8-14-28/h5,7-8,12-14,17-21,23,30H,3-4,6,9-11,15-16,22,24-26H2,1-2H3. The number of hydrogen-bond donors (Lipinski definition) is 0. The first-order valence-corrected chi connectivity index (χ1v) is 14.4. The molecule has 0 bridgehead atoms. The quantitative estimate of drug-likeness (QED) is 0.249. The van der Waals surface area contributed by atoms with E-state index in [0.29, 0.717) is 18.7 Å². The summed E-state index contributed by atoms with van der Waals surface area (Å²) in [7, 11) is 0. The van der Waals surface area contributed by atoms with E-state index in [1.54, 1.807) is 4.90 Å². The molecular formula is C33H43N3O2. The normalized spacial score (nSPS) is 13.8. The molecule has 202 valence electrons. The van der Waals surface area contributed by atoms with Gasteiger partial charge in [-0.25, -0.2) is 0 Å². The average Bonchev–Trinajstić information content (AvgIpc) is 3.38. The van der Waals surface area contributed by atoms with Gasteiger partial charge >= 0.3 is 0 Å². The lowest BCUT2D eigenvalue weighted by Crippen LogP contribution is -2.47. The summed E-state index contributed by atoms with van der Waals surface area (Å²) in [5.74, 6) is 0.00632. The highest BCUT2D eigenvalue weighted by Crippen LogP contribution is 2.25. The third-order valence-electron chi connectivity index (χ3n) is 7.73. The molecule has 0 radical (unpaired) electrons. The minimum Gasteiger partial charge on any atom is -0.345 e. The van der Waals surface area contributed by atoms with Crippen LogP contribution in [0.4, 0.5) is 0 Å². The maximum absolute atomic E-state index is 14.0. The van der Waals surface area contributed by atoms with Gasteiger partial charge in [0.1, 0.15) is 6.54 Å². The van der Waals surface area contributed by atoms with Gasteiger partial charge in [0.15, 0.2) is 0 Å². The molecule has 1 aromatic heterocycles. The number of carbonyl (C=O) groups excluding carboxylic acids is 2. The van der Waals surface area contributed by atoms with Gasteiger partial charge in [0.2, 0.25) is 5.91 Å². The number of rotatable bonds is 12. The topological polar surface area (TPSA) is 45.6 Å². The number of unbranched alkanes of at least 4 members (excludes halogenated alkanes) is 2. The van der Waals surface area contributed by atoms with Crippen LogP contribution in [0.1, 0.15) is 85.5 Å². The zero-order valence-electron chi connectivity index (χ0n) is 23.1. The molecule has 5 heteroatoms. The molecule has 1 heterocycles. The highest BCUT2D eigenvalue weighted by Gasteiger charge is 2.29. The van der Waals surface area contributed by atoms with E-state index >= 15 is 0 Å². The molecule has 1 saturated carbocycles. The van der Waals surface area contributed by atoms with Crippen molar-refractivity contribution < 1.29 is 9.59 Å². The molecule has 0 N–H and O–H groups in total. The van der Waals surface area contributed by atoms with Crippen LogP contribution in [0.5, 0.6) is 0 Å². The molecule has 2 aromatic carbocycles. The smallest absolute Gasteiger partial charge is 0.254 e. The number of carbonyl (C=O) groups is 2. The summed E-state index contributed by atoms with van der Waals surface area (Å²) in [6, 6.07) is 22.6. The summed E-state index contributed by atoms with van der Waals surface area (Å²) in [6.45, 7) is 6.27. The summed E-state index contributed by atoms with van der Waals surface area (Å²) >= 11 is 0. The molecule has 4 rings (SSSR count). The summed E-state index contributed by atoms with van der Waals surface area (Å²) in [4.78, 5) is 31.4. The van der Waals surface area contributed by atoms with Gasteiger partial charge in [-0.15, -0.1) is 0 Å². The van der Waals surface area contributed by atoms with Crippen LogP contribution in [0.2, 0.25) is 0 Å². The zero-order valence-corrected chi connectivity index (χ0v) is 23.1. The average molecular weight is 514 g/mol. The molecule has 1 aliphatic rings. The molecule has 0 atom stereocenters. The van der Waals surface area contributed by atoms with Crippen LogP contribution < -0.4 is 0 Å². The van der Waals surface area contributed by atoms with Crippen molar-refractivity contribution in [1.82, 2.24) is 14.4 Å². The SMILES string of the molecule is CCCCCN(CC(=O)N(Cc1cccn1Cc1ccccc1)C1CCCCC1)C(=O)c1ccc(C)cc1. The molecular weight excluding hydrogens is 470 g/mol. The fourth-order valence-corrected chi connectivity index (χ4v) is 5.45. The predicted molar refractivity (Wildman–Crippen MR) is 154 cm³/mol. The van der Waals surface area contributed by atoms with Gasteiger partial charge in [0, 0.05) is 36.6 Å². The van der Waals surface area contributed by atoms with E-state index in [9.17, 15) is 9.59 Å². The van der Waals surface area contributed by atoms with Crippen LogP contribution in [-0.2, 0) is 17.9 Å². The summed E-state index contributed by atoms with van der Waals surface area (Å²) < 4.78 is 2.24. The predicted octanol–water partition coefficient (Wildman–Crippen LogP) is 6.84. The van der Waals surface area contributed by atoms with Crippen molar-refractivity contribution >= 4 is 11.8 Å². The van der Waals surface area contributed by atoms with Gasteiger partial charge < -0.3 is 14.4 Å². The molecule has 0 aliphatic heterocycles. The first-order chi connectivity index (χ1) is 18.5. The van der Waals surface area contributed by atoms with Gasteiger partial charge in [0.05, 0.1) is 6.54 Å². The second-order valence-corrected chi connectivity index (χ2v) is 10.7. The van der Waals surface area contributed by atoms with Crippen LogP contribution >= 0.6 is 0 Å². The van der Waals surface area contributed by atoms with Gasteiger partial charge in [0.25, 0.3) is 5.91 Å². The molecule has 1 fully saturated rings. The highest BCUT2D eigenvalue weighted by atomic mass is 16.2. The Labute approximate surface area is 228 Å². The second-order valence-electron chi connectivity index (χ2n) is 10.7. The Morgan fingerprint density at radius 1 is 0.895 bits per heavy atom. The van der Waals surface area contributed by atoms with Gasteiger partial charge in [-0.05, 0) is 56.0 Å². The lowest BCUT2D eigenvalue weighted by atomic mass is 9.94. The van der Waals surface area contributed by atoms with Gasteiger partial charge in [-0.2, -0.15) is 0 Å². The Bertz CT molecular complexity index is 1150. The van der Waals surface area contributed by atoms with Crippen molar-refractivity contribution in [3.63, 3.8) is 0 Å². The van der Waals surface area contributed by atoms with Crippen molar-refractivity contribution in [2.24, 2.45) is 0 Å².